The fourth-order valence-corrected chi connectivity index (χ4v) is 8.36. The lowest BCUT2D eigenvalue weighted by Crippen LogP contribution is -2.29. The monoisotopic (exact) mass is 1080 g/mol. The second kappa shape index (κ2) is 26.2. The maximum absolute atomic E-state index is 8.80. The van der Waals surface area contributed by atoms with Crippen LogP contribution in [-0.2, 0) is 8.67 Å². The van der Waals surface area contributed by atoms with Crippen LogP contribution in [0.1, 0.15) is 22.3 Å². The number of hydrogen-bond donors (Lipinski definition) is 2. The fourth-order valence-electron chi connectivity index (χ4n) is 6.95. The first-order valence-corrected chi connectivity index (χ1v) is 25.1. The van der Waals surface area contributed by atoms with Crippen LogP contribution >= 0.6 is 40.4 Å². The number of anilines is 2. The van der Waals surface area contributed by atoms with Crippen molar-refractivity contribution in [1.82, 2.24) is 17.9 Å². The Bertz CT molecular complexity index is 3490. The summed E-state index contributed by atoms with van der Waals surface area (Å²) in [5.41, 5.74) is 9.94. The van der Waals surface area contributed by atoms with Gasteiger partial charge in [0, 0.05) is 96.3 Å². The average molecular weight is 1080 g/mol. The molecule has 0 aliphatic heterocycles. The van der Waals surface area contributed by atoms with Gasteiger partial charge in [-0.15, -0.1) is 0 Å². The van der Waals surface area contributed by atoms with Crippen LogP contribution in [0.25, 0.3) is 33.2 Å². The summed E-state index contributed by atoms with van der Waals surface area (Å²) in [7, 11) is 6.56. The number of rotatable bonds is 12. The number of halogens is 1. The highest BCUT2D eigenvalue weighted by Gasteiger charge is 2.14. The number of pyridine rings is 2. The van der Waals surface area contributed by atoms with E-state index in [0.29, 0.717) is 17.0 Å². The van der Waals surface area contributed by atoms with Crippen LogP contribution in [-0.4, -0.2) is 63.3 Å². The van der Waals surface area contributed by atoms with Gasteiger partial charge in [0.2, 0.25) is 0 Å². The molecule has 4 heterocycles. The van der Waals surface area contributed by atoms with Crippen molar-refractivity contribution >= 4 is 86.4 Å². The van der Waals surface area contributed by atoms with Crippen LogP contribution in [0, 0.1) is 23.7 Å². The molecule has 0 atom stereocenters. The van der Waals surface area contributed by atoms with Crippen molar-refractivity contribution in [1.29, 1.82) is 0 Å². The summed E-state index contributed by atoms with van der Waals surface area (Å²) in [6.07, 6.45) is 7.42. The number of hydrogen-bond acceptors (Lipinski definition) is 12. The zero-order chi connectivity index (χ0) is 51.7. The number of aromatic nitrogens is 4. The molecule has 6 aromatic carbocycles. The molecule has 16 heteroatoms. The maximum atomic E-state index is 8.80. The maximum Gasteiger partial charge on any atom is 0.488 e. The summed E-state index contributed by atoms with van der Waals surface area (Å²) in [6, 6.07) is 58.1. The molecule has 0 aliphatic carbocycles. The van der Waals surface area contributed by atoms with Gasteiger partial charge in [0.05, 0.1) is 11.1 Å². The zero-order valence-corrected chi connectivity index (χ0v) is 43.8. The van der Waals surface area contributed by atoms with Crippen molar-refractivity contribution < 1.29 is 28.5 Å². The second-order valence-electron chi connectivity index (χ2n) is 16.5. The molecule has 12 nitrogen and oxygen atoms in total. The van der Waals surface area contributed by atoms with E-state index in [1.165, 1.54) is 0 Å². The van der Waals surface area contributed by atoms with Crippen LogP contribution in [0.2, 0.25) is 0 Å². The van der Waals surface area contributed by atoms with E-state index in [-0.39, 0.29) is 0 Å². The third-order valence-corrected chi connectivity index (χ3v) is 12.4. The van der Waals surface area contributed by atoms with Crippen molar-refractivity contribution in [3.63, 3.8) is 0 Å². The van der Waals surface area contributed by atoms with Gasteiger partial charge in [-0.3, -0.25) is 0 Å². The number of para-hydroxylation sites is 2. The van der Waals surface area contributed by atoms with Gasteiger partial charge in [-0.25, -0.2) is 17.9 Å². The Hall–Kier alpha value is -7.90. The smallest absolute Gasteiger partial charge is 0.423 e. The molecule has 0 fully saturated rings. The molecule has 2 N–H and O–H groups in total. The van der Waals surface area contributed by atoms with Gasteiger partial charge in [0.25, 0.3) is 0 Å². The third-order valence-electron chi connectivity index (χ3n) is 10.8. The Morgan fingerprint density at radius 3 is 1.36 bits per heavy atom. The first kappa shape index (κ1) is 52.4. The molecule has 74 heavy (non-hydrogen) atoms. The molecular formula is C58H48BBrN6O6S2. The molecule has 4 aromatic heterocycles. The molecular weight excluding hydrogens is 1030 g/mol. The minimum Gasteiger partial charge on any atom is -0.423 e. The largest absolute Gasteiger partial charge is 0.488 e. The highest BCUT2D eigenvalue weighted by atomic mass is 79.9. The summed E-state index contributed by atoms with van der Waals surface area (Å²) in [5.74, 6) is 14.2. The van der Waals surface area contributed by atoms with E-state index < -0.39 is 7.12 Å². The van der Waals surface area contributed by atoms with Crippen LogP contribution in [0.5, 0.6) is 11.5 Å². The second-order valence-corrected chi connectivity index (χ2v) is 18.7. The predicted octanol–water partition coefficient (Wildman–Crippen LogP) is 11.6. The molecule has 0 saturated heterocycles. The van der Waals surface area contributed by atoms with E-state index in [0.717, 1.165) is 95.8 Å². The zero-order valence-electron chi connectivity index (χ0n) is 40.6. The van der Waals surface area contributed by atoms with Crippen molar-refractivity contribution in [3.05, 3.63) is 234 Å². The molecule has 10 rings (SSSR count). The lowest BCUT2D eigenvalue weighted by molar-refractivity contribution is -0.0785. The lowest BCUT2D eigenvalue weighted by Gasteiger charge is -2.12. The van der Waals surface area contributed by atoms with Gasteiger partial charge in [0.15, 0.2) is 47.3 Å². The number of benzene rings is 6. The van der Waals surface area contributed by atoms with Gasteiger partial charge in [-0.1, -0.05) is 129 Å². The van der Waals surface area contributed by atoms with Crippen molar-refractivity contribution in [3.8, 4) is 46.3 Å². The lowest BCUT2D eigenvalue weighted by atomic mass is 9.80. The Morgan fingerprint density at radius 1 is 0.500 bits per heavy atom. The van der Waals surface area contributed by atoms with Crippen LogP contribution in [0.3, 0.4) is 0 Å². The average Bonchev–Trinajstić information content (AvgIpc) is 3.97. The molecule has 0 bridgehead atoms. The molecule has 0 spiro atoms. The van der Waals surface area contributed by atoms with E-state index in [1.54, 1.807) is 22.3 Å². The van der Waals surface area contributed by atoms with E-state index in [4.69, 9.17) is 33.5 Å². The summed E-state index contributed by atoms with van der Waals surface area (Å²) >= 11 is 5.57. The molecule has 0 saturated carbocycles. The summed E-state index contributed by atoms with van der Waals surface area (Å²) in [4.78, 5) is 23.9. The van der Waals surface area contributed by atoms with Gasteiger partial charge >= 0.3 is 7.12 Å². The quantitative estimate of drug-likeness (QED) is 0.0399. The molecule has 0 amide bonds. The van der Waals surface area contributed by atoms with Gasteiger partial charge < -0.3 is 29.6 Å². The molecule has 368 valence electrons. The highest BCUT2D eigenvalue weighted by molar-refractivity contribution is 9.10. The van der Waals surface area contributed by atoms with Gasteiger partial charge in [0.1, 0.15) is 0 Å². The van der Waals surface area contributed by atoms with Crippen molar-refractivity contribution in [2.45, 2.75) is 0 Å². The van der Waals surface area contributed by atoms with E-state index in [9.17, 15) is 0 Å². The Labute approximate surface area is 448 Å². The standard InChI is InChI=1S/C29H23N3O2S.C21H13BrN2O2S.C8H12BNO2/c1-31(2)26-17-15-23(16-18-26)25-19-28-24(14-13-22-9-5-3-6-10-22)21-32(29(28)30-20-25)35-34-33-27-11-7-4-8-12-27;22-18-13-20-17(12-11-16-7-3-1-4-8-16)15-24(21(20)23-14-18)27-26-25-19-9-5-2-6-10-19;1-10(2)8-5-3-7(4-6-8)9(11)12/h3-12,15-21H,1-2H3;1-10,13-15H;3-6,11-12H,1-2H3. The van der Waals surface area contributed by atoms with Crippen molar-refractivity contribution in [2.75, 3.05) is 38.0 Å². The predicted molar refractivity (Wildman–Crippen MR) is 305 cm³/mol. The first-order valence-electron chi connectivity index (χ1n) is 22.9. The van der Waals surface area contributed by atoms with E-state index >= 15 is 0 Å². The topological polar surface area (TPSA) is 120 Å². The Balaban J connectivity index is 0.000000165. The van der Waals surface area contributed by atoms with E-state index in [1.807, 2.05) is 195 Å². The molecule has 0 aliphatic rings. The van der Waals surface area contributed by atoms with Crippen LogP contribution in [0.4, 0.5) is 11.4 Å². The molecule has 10 aromatic rings. The summed E-state index contributed by atoms with van der Waals surface area (Å²) in [6.45, 7) is 0. The molecule has 0 unspecified atom stereocenters. The van der Waals surface area contributed by atoms with Gasteiger partial charge in [-0.2, -0.15) is 0 Å². The van der Waals surface area contributed by atoms with Crippen LogP contribution in [0.15, 0.2) is 211 Å². The minimum absolute atomic E-state index is 0.514. The van der Waals surface area contributed by atoms with E-state index in [2.05, 4.69) is 79.8 Å². The minimum atomic E-state index is -1.37. The molecule has 0 radical (unpaired) electrons. The van der Waals surface area contributed by atoms with Crippen LogP contribution < -0.4 is 25.0 Å². The highest BCUT2D eigenvalue weighted by Crippen LogP contribution is 2.31. The summed E-state index contributed by atoms with van der Waals surface area (Å²) < 4.78 is 15.2. The number of fused-ring (bicyclic) bond motifs is 2. The Morgan fingerprint density at radius 2 is 0.919 bits per heavy atom. The fraction of sp³-hybridized carbons (Fsp3) is 0.0690. The summed E-state index contributed by atoms with van der Waals surface area (Å²) in [5, 5.41) is 19.5. The SMILES string of the molecule is Brc1cnc2c(c1)c(C#Cc1ccccc1)cn2SOOc1ccccc1.CN(C)c1ccc(-c2cnc3c(c2)c(C#Cc2ccccc2)cn3SOOc2ccccc2)cc1.CN(C)c1ccc(B(O)O)cc1. The third kappa shape index (κ3) is 14.6. The normalized spacial score (nSPS) is 10.4. The van der Waals surface area contributed by atoms with Gasteiger partial charge in [-0.05, 0) is 112 Å². The van der Waals surface area contributed by atoms with Crippen molar-refractivity contribution in [2.24, 2.45) is 0 Å². The first-order chi connectivity index (χ1) is 36.1. The Kier molecular flexibility index (Phi) is 18.5. The number of nitrogens with zero attached hydrogens (tertiary/aromatic N) is 6.